The van der Waals surface area contributed by atoms with E-state index in [0.717, 1.165) is 27.8 Å². The first-order valence-electron chi connectivity index (χ1n) is 9.56. The van der Waals surface area contributed by atoms with Crippen LogP contribution in [0.1, 0.15) is 29.7 Å². The van der Waals surface area contributed by atoms with Gasteiger partial charge in [0.05, 0.1) is 11.8 Å². The van der Waals surface area contributed by atoms with E-state index in [2.05, 4.69) is 5.32 Å². The Morgan fingerprint density at radius 3 is 2.48 bits per heavy atom. The summed E-state index contributed by atoms with van der Waals surface area (Å²) in [5.74, 6) is -0.763. The zero-order valence-corrected chi connectivity index (χ0v) is 17.8. The smallest absolute Gasteiger partial charge is 0.250 e. The molecule has 0 saturated heterocycles. The zero-order valence-electron chi connectivity index (χ0n) is 17.0. The molecule has 2 aromatic carbocycles. The normalized spacial score (nSPS) is 15.5. The van der Waals surface area contributed by atoms with Crippen LogP contribution in [0.5, 0.6) is 0 Å². The van der Waals surface area contributed by atoms with Crippen LogP contribution in [0, 0.1) is 5.82 Å². The molecule has 0 unspecified atom stereocenters. The van der Waals surface area contributed by atoms with Crippen LogP contribution < -0.4 is 16.0 Å². The molecule has 0 aliphatic carbocycles. The summed E-state index contributed by atoms with van der Waals surface area (Å²) in [6.07, 6.45) is 1.75. The van der Waals surface area contributed by atoms with E-state index in [1.165, 1.54) is 16.7 Å². The largest absolute Gasteiger partial charge is 0.370 e. The zero-order chi connectivity index (χ0) is 22.3. The number of aryl methyl sites for hydroxylation is 1. The maximum Gasteiger partial charge on any atom is 0.250 e. The molecule has 0 radical (unpaired) electrons. The fraction of sp³-hybridized carbons (Fsp3) is 0.182. The third-order valence-corrected chi connectivity index (χ3v) is 5.74. The fourth-order valence-corrected chi connectivity index (χ4v) is 4.02. The number of hydrogen-bond acceptors (Lipinski definition) is 5. The number of primary sulfonamides is 1. The summed E-state index contributed by atoms with van der Waals surface area (Å²) in [4.78, 5) is 17.2. The second-order valence-corrected chi connectivity index (χ2v) is 9.11. The molecule has 160 valence electrons. The lowest BCUT2D eigenvalue weighted by Crippen LogP contribution is -2.22. The standard InChI is InChI=1S/C22H21FN4O3S/c1-13-18-10-21(28)27(2)11-20(18)19-9-16(25-12-31(24,29)30)7-8-17(19)22(26-13)14-3-5-15(23)6-4-14/h3-11,13,25H,12H2,1-2H3,(H2,24,29,30)/t13-/m0/s1. The van der Waals surface area contributed by atoms with Gasteiger partial charge in [-0.2, -0.15) is 0 Å². The highest BCUT2D eigenvalue weighted by atomic mass is 32.2. The molecule has 1 atom stereocenters. The molecule has 1 aliphatic rings. The summed E-state index contributed by atoms with van der Waals surface area (Å²) < 4.78 is 37.7. The number of sulfonamides is 1. The van der Waals surface area contributed by atoms with Crippen molar-refractivity contribution in [2.45, 2.75) is 13.0 Å². The van der Waals surface area contributed by atoms with Gasteiger partial charge in [-0.3, -0.25) is 9.79 Å². The maximum absolute atomic E-state index is 13.5. The number of halogens is 1. The number of pyridine rings is 1. The topological polar surface area (TPSA) is 107 Å². The first-order valence-corrected chi connectivity index (χ1v) is 11.3. The summed E-state index contributed by atoms with van der Waals surface area (Å²) in [6.45, 7) is 1.90. The molecule has 0 saturated carbocycles. The molecule has 1 aliphatic heterocycles. The Morgan fingerprint density at radius 2 is 1.81 bits per heavy atom. The molecular formula is C22H21FN4O3S. The van der Waals surface area contributed by atoms with Crippen LogP contribution in [-0.4, -0.2) is 24.6 Å². The van der Waals surface area contributed by atoms with Crippen LogP contribution in [0.4, 0.5) is 10.1 Å². The molecule has 0 spiro atoms. The molecule has 31 heavy (non-hydrogen) atoms. The first kappa shape index (κ1) is 21.0. The van der Waals surface area contributed by atoms with E-state index in [-0.39, 0.29) is 17.4 Å². The minimum atomic E-state index is -3.71. The molecule has 0 amide bonds. The van der Waals surface area contributed by atoms with E-state index in [4.69, 9.17) is 10.1 Å². The number of anilines is 1. The average molecular weight is 441 g/mol. The van der Waals surface area contributed by atoms with Crippen LogP contribution in [0.2, 0.25) is 0 Å². The van der Waals surface area contributed by atoms with Gasteiger partial charge in [0, 0.05) is 41.7 Å². The van der Waals surface area contributed by atoms with Crippen molar-refractivity contribution in [1.82, 2.24) is 4.57 Å². The summed E-state index contributed by atoms with van der Waals surface area (Å²) >= 11 is 0. The SMILES string of the molecule is C[C@@H]1N=C(c2ccc(F)cc2)c2ccc(NCS(N)(=O)=O)cc2-c2cn(C)c(=O)cc21. The summed E-state index contributed by atoms with van der Waals surface area (Å²) in [7, 11) is -2.04. The number of aliphatic imine (C=N–C) groups is 1. The van der Waals surface area contributed by atoms with E-state index in [1.807, 2.05) is 13.0 Å². The van der Waals surface area contributed by atoms with Gasteiger partial charge in [0.2, 0.25) is 10.0 Å². The van der Waals surface area contributed by atoms with Crippen molar-refractivity contribution in [3.8, 4) is 11.1 Å². The van der Waals surface area contributed by atoms with Gasteiger partial charge in [0.1, 0.15) is 11.7 Å². The number of aromatic nitrogens is 1. The molecule has 0 fully saturated rings. The summed E-state index contributed by atoms with van der Waals surface area (Å²) in [5.41, 5.74) is 4.92. The van der Waals surface area contributed by atoms with Gasteiger partial charge in [0.15, 0.2) is 0 Å². The lowest BCUT2D eigenvalue weighted by Gasteiger charge is -2.15. The highest BCUT2D eigenvalue weighted by Gasteiger charge is 2.24. The van der Waals surface area contributed by atoms with E-state index in [1.54, 1.807) is 43.6 Å². The quantitative estimate of drug-likeness (QED) is 0.651. The monoisotopic (exact) mass is 440 g/mol. The lowest BCUT2D eigenvalue weighted by molar-refractivity contribution is 0.599. The van der Waals surface area contributed by atoms with Gasteiger partial charge in [-0.05, 0) is 54.4 Å². The van der Waals surface area contributed by atoms with Crippen LogP contribution in [0.15, 0.2) is 64.5 Å². The summed E-state index contributed by atoms with van der Waals surface area (Å²) in [6, 6.07) is 12.7. The van der Waals surface area contributed by atoms with E-state index < -0.39 is 15.9 Å². The van der Waals surface area contributed by atoms with E-state index >= 15 is 0 Å². The second kappa shape index (κ2) is 7.75. The van der Waals surface area contributed by atoms with Crippen LogP contribution in [-0.2, 0) is 17.1 Å². The van der Waals surface area contributed by atoms with Gasteiger partial charge in [-0.15, -0.1) is 0 Å². The minimum absolute atomic E-state index is 0.156. The number of rotatable bonds is 4. The first-order chi connectivity index (χ1) is 14.6. The van der Waals surface area contributed by atoms with Crippen molar-refractivity contribution >= 4 is 21.4 Å². The van der Waals surface area contributed by atoms with Crippen LogP contribution in [0.25, 0.3) is 11.1 Å². The van der Waals surface area contributed by atoms with Gasteiger partial charge < -0.3 is 9.88 Å². The predicted molar refractivity (Wildman–Crippen MR) is 119 cm³/mol. The third kappa shape index (κ3) is 4.28. The van der Waals surface area contributed by atoms with Gasteiger partial charge >= 0.3 is 0 Å². The summed E-state index contributed by atoms with van der Waals surface area (Å²) in [5, 5.41) is 7.92. The highest BCUT2D eigenvalue weighted by Crippen LogP contribution is 2.38. The van der Waals surface area contributed by atoms with Crippen molar-refractivity contribution < 1.29 is 12.8 Å². The number of fused-ring (bicyclic) bond motifs is 3. The third-order valence-electron chi connectivity index (χ3n) is 5.19. The van der Waals surface area contributed by atoms with Crippen LogP contribution in [0.3, 0.4) is 0 Å². The van der Waals surface area contributed by atoms with Crippen molar-refractivity contribution in [3.05, 3.63) is 87.6 Å². The molecule has 7 nitrogen and oxygen atoms in total. The lowest BCUT2D eigenvalue weighted by atomic mass is 9.92. The Bertz CT molecular complexity index is 1360. The second-order valence-electron chi connectivity index (χ2n) is 7.50. The van der Waals surface area contributed by atoms with Crippen molar-refractivity contribution in [2.24, 2.45) is 17.2 Å². The Kier molecular flexibility index (Phi) is 5.24. The minimum Gasteiger partial charge on any atom is -0.370 e. The van der Waals surface area contributed by atoms with Gasteiger partial charge in [-0.1, -0.05) is 6.07 Å². The average Bonchev–Trinajstić information content (AvgIpc) is 2.82. The Morgan fingerprint density at radius 1 is 1.10 bits per heavy atom. The predicted octanol–water partition coefficient (Wildman–Crippen LogP) is 2.76. The molecule has 9 heteroatoms. The van der Waals surface area contributed by atoms with Gasteiger partial charge in [-0.25, -0.2) is 17.9 Å². The Labute approximate surface area is 179 Å². The number of nitrogens with zero attached hydrogens (tertiary/aromatic N) is 2. The van der Waals surface area contributed by atoms with E-state index in [0.29, 0.717) is 11.4 Å². The maximum atomic E-state index is 13.5. The Balaban J connectivity index is 1.95. The molecule has 3 N–H and O–H groups in total. The number of nitrogens with one attached hydrogen (secondary N) is 1. The van der Waals surface area contributed by atoms with Crippen LogP contribution >= 0.6 is 0 Å². The molecule has 0 bridgehead atoms. The number of nitrogens with two attached hydrogens (primary N) is 1. The molecule has 1 aromatic heterocycles. The van der Waals surface area contributed by atoms with Crippen molar-refractivity contribution in [1.29, 1.82) is 0 Å². The Hall–Kier alpha value is -3.30. The van der Waals surface area contributed by atoms with E-state index in [9.17, 15) is 17.6 Å². The van der Waals surface area contributed by atoms with Crippen molar-refractivity contribution in [2.75, 3.05) is 11.2 Å². The molecule has 4 rings (SSSR count). The van der Waals surface area contributed by atoms with Gasteiger partial charge in [0.25, 0.3) is 5.56 Å². The number of benzene rings is 2. The fourth-order valence-electron chi connectivity index (χ4n) is 3.65. The molecule has 3 aromatic rings. The van der Waals surface area contributed by atoms with Crippen molar-refractivity contribution in [3.63, 3.8) is 0 Å². The molecule has 2 heterocycles. The highest BCUT2D eigenvalue weighted by molar-refractivity contribution is 7.89. The number of hydrogen-bond donors (Lipinski definition) is 2. The molecular weight excluding hydrogens is 419 g/mol.